The van der Waals surface area contributed by atoms with E-state index in [-0.39, 0.29) is 29.6 Å². The zero-order valence-electron chi connectivity index (χ0n) is 6.30. The average molecular weight is 165 g/mol. The van der Waals surface area contributed by atoms with Gasteiger partial charge in [-0.1, -0.05) is 0 Å². The topological polar surface area (TPSA) is 75.3 Å². The van der Waals surface area contributed by atoms with Gasteiger partial charge in [-0.3, -0.25) is 20.2 Å². The zero-order valence-corrected chi connectivity index (χ0v) is 8.30. The minimum Gasteiger partial charge on any atom is -0.277 e. The van der Waals surface area contributed by atoms with Crippen LogP contribution in [0.3, 0.4) is 0 Å². The summed E-state index contributed by atoms with van der Waals surface area (Å²) in [5, 5.41) is 3.90. The van der Waals surface area contributed by atoms with Gasteiger partial charge in [-0.05, 0) is 6.92 Å². The van der Waals surface area contributed by atoms with Gasteiger partial charge in [0.2, 0.25) is 11.8 Å². The molecule has 4 amide bonds. The Labute approximate surface area is 85.2 Å². The van der Waals surface area contributed by atoms with Crippen molar-refractivity contribution in [3.8, 4) is 0 Å². The summed E-state index contributed by atoms with van der Waals surface area (Å²) in [7, 11) is 0. The summed E-state index contributed by atoms with van der Waals surface area (Å²) in [5.41, 5.74) is 0. The van der Waals surface area contributed by atoms with Gasteiger partial charge in [0.05, 0.1) is 0 Å². The number of carbonyl (C=O) groups excluding carboxylic acids is 3. The van der Waals surface area contributed by atoms with E-state index in [0.29, 0.717) is 0 Å². The molecule has 1 aliphatic heterocycles. The second kappa shape index (κ2) is 3.85. The number of nitrogens with one attached hydrogen (secondary N) is 2. The fourth-order valence-electron chi connectivity index (χ4n) is 0.591. The molecule has 0 atom stereocenters. The minimum atomic E-state index is -0.766. The van der Waals surface area contributed by atoms with Crippen molar-refractivity contribution < 1.29 is 14.4 Å². The molecule has 55 valence electrons. The molecule has 0 unspecified atom stereocenters. The molecule has 0 aromatic rings. The van der Waals surface area contributed by atoms with Crippen LogP contribution in [0.2, 0.25) is 0 Å². The summed E-state index contributed by atoms with van der Waals surface area (Å²) in [6.45, 7) is 1.43. The molecule has 1 saturated heterocycles. The second-order valence-electron chi connectivity index (χ2n) is 2.03. The van der Waals surface area contributed by atoms with Crippen LogP contribution in [-0.2, 0) is 9.59 Å². The summed E-state index contributed by atoms with van der Waals surface area (Å²) < 4.78 is 0. The Kier molecular flexibility index (Phi) is 3.71. The number of rotatable bonds is 0. The van der Waals surface area contributed by atoms with Gasteiger partial charge in [-0.25, -0.2) is 4.79 Å². The van der Waals surface area contributed by atoms with E-state index in [2.05, 4.69) is 0 Å². The molecule has 0 spiro atoms. The Morgan fingerprint density at radius 3 is 1.82 bits per heavy atom. The quantitative estimate of drug-likeness (QED) is 0.342. The largest absolute Gasteiger partial charge is 0.328 e. The van der Waals surface area contributed by atoms with Gasteiger partial charge in [0, 0.05) is 29.6 Å². The van der Waals surface area contributed by atoms with Crippen molar-refractivity contribution in [1.82, 2.24) is 10.6 Å². The summed E-state index contributed by atoms with van der Waals surface area (Å²) in [5.74, 6) is -1.86. The van der Waals surface area contributed by atoms with Gasteiger partial charge in [0.25, 0.3) is 0 Å². The Morgan fingerprint density at radius 1 is 1.09 bits per heavy atom. The fourth-order valence-corrected chi connectivity index (χ4v) is 0.591. The molecule has 1 aliphatic rings. The first-order valence-electron chi connectivity index (χ1n) is 2.77. The van der Waals surface area contributed by atoms with Gasteiger partial charge in [0.1, 0.15) is 5.92 Å². The normalized spacial score (nSPS) is 18.5. The van der Waals surface area contributed by atoms with E-state index in [9.17, 15) is 14.4 Å². The van der Waals surface area contributed by atoms with E-state index in [0.717, 1.165) is 0 Å². The minimum absolute atomic E-state index is 0. The van der Waals surface area contributed by atoms with Crippen molar-refractivity contribution in [2.45, 2.75) is 6.92 Å². The molecular formula is C5H6N2NaO3. The maximum absolute atomic E-state index is 10.6. The Morgan fingerprint density at radius 2 is 1.45 bits per heavy atom. The van der Waals surface area contributed by atoms with Crippen molar-refractivity contribution >= 4 is 47.4 Å². The van der Waals surface area contributed by atoms with Crippen LogP contribution in [0.1, 0.15) is 6.92 Å². The molecule has 2 N–H and O–H groups in total. The number of imide groups is 2. The molecular weight excluding hydrogens is 159 g/mol. The van der Waals surface area contributed by atoms with E-state index >= 15 is 0 Å². The third-order valence-electron chi connectivity index (χ3n) is 1.26. The van der Waals surface area contributed by atoms with Crippen molar-refractivity contribution in [3.63, 3.8) is 0 Å². The SMILES string of the molecule is CC1C(=O)NC(=O)NC1=O.[Na]. The van der Waals surface area contributed by atoms with Crippen molar-refractivity contribution in [3.05, 3.63) is 0 Å². The summed E-state index contributed by atoms with van der Waals surface area (Å²) in [6.07, 6.45) is 0. The summed E-state index contributed by atoms with van der Waals surface area (Å²) in [4.78, 5) is 31.6. The molecule has 11 heavy (non-hydrogen) atoms. The van der Waals surface area contributed by atoms with Crippen LogP contribution in [0.4, 0.5) is 4.79 Å². The number of amides is 4. The average Bonchev–Trinajstić information content (AvgIpc) is 1.82. The standard InChI is InChI=1S/C5H6N2O3.Na/c1-2-3(8)6-5(10)7-4(2)9;/h2H,1H3,(H2,6,7,8,9,10);. The third-order valence-corrected chi connectivity index (χ3v) is 1.26. The van der Waals surface area contributed by atoms with Gasteiger partial charge < -0.3 is 0 Å². The first-order chi connectivity index (χ1) is 4.61. The van der Waals surface area contributed by atoms with E-state index in [1.165, 1.54) is 6.92 Å². The van der Waals surface area contributed by atoms with Gasteiger partial charge >= 0.3 is 6.03 Å². The number of hydrogen-bond donors (Lipinski definition) is 2. The van der Waals surface area contributed by atoms with Crippen molar-refractivity contribution in [2.24, 2.45) is 5.92 Å². The van der Waals surface area contributed by atoms with E-state index in [1.807, 2.05) is 10.6 Å². The number of hydrogen-bond acceptors (Lipinski definition) is 3. The first-order valence-corrected chi connectivity index (χ1v) is 2.77. The molecule has 1 fully saturated rings. The van der Waals surface area contributed by atoms with Gasteiger partial charge in [-0.15, -0.1) is 0 Å². The van der Waals surface area contributed by atoms with Crippen LogP contribution in [-0.4, -0.2) is 47.4 Å². The zero-order chi connectivity index (χ0) is 7.72. The molecule has 0 aromatic heterocycles. The molecule has 0 bridgehead atoms. The van der Waals surface area contributed by atoms with Crippen LogP contribution in [0.5, 0.6) is 0 Å². The smallest absolute Gasteiger partial charge is 0.277 e. The molecule has 6 heteroatoms. The molecule has 1 heterocycles. The van der Waals surface area contributed by atoms with Gasteiger partial charge in [0.15, 0.2) is 0 Å². The van der Waals surface area contributed by atoms with Crippen molar-refractivity contribution in [1.29, 1.82) is 0 Å². The van der Waals surface area contributed by atoms with Crippen LogP contribution < -0.4 is 10.6 Å². The Hall–Kier alpha value is -0.390. The molecule has 5 nitrogen and oxygen atoms in total. The predicted molar refractivity (Wildman–Crippen MR) is 36.6 cm³/mol. The van der Waals surface area contributed by atoms with E-state index in [1.54, 1.807) is 0 Å². The maximum atomic E-state index is 10.6. The van der Waals surface area contributed by atoms with E-state index < -0.39 is 23.8 Å². The molecule has 0 saturated carbocycles. The molecule has 1 rings (SSSR count). The maximum Gasteiger partial charge on any atom is 0.328 e. The van der Waals surface area contributed by atoms with Crippen LogP contribution in [0.15, 0.2) is 0 Å². The Bertz CT molecular complexity index is 196. The predicted octanol–water partition coefficient (Wildman–Crippen LogP) is -1.39. The Balaban J connectivity index is 0.000001000. The number of carbonyl (C=O) groups is 3. The summed E-state index contributed by atoms with van der Waals surface area (Å²) >= 11 is 0. The second-order valence-corrected chi connectivity index (χ2v) is 2.03. The summed E-state index contributed by atoms with van der Waals surface area (Å²) in [6, 6.07) is -0.742. The van der Waals surface area contributed by atoms with Crippen LogP contribution >= 0.6 is 0 Å². The van der Waals surface area contributed by atoms with Gasteiger partial charge in [-0.2, -0.15) is 0 Å². The number of urea groups is 1. The first kappa shape index (κ1) is 10.6. The van der Waals surface area contributed by atoms with Crippen molar-refractivity contribution in [2.75, 3.05) is 0 Å². The molecule has 0 aliphatic carbocycles. The fraction of sp³-hybridized carbons (Fsp3) is 0.400. The molecule has 0 aromatic carbocycles. The van der Waals surface area contributed by atoms with Crippen LogP contribution in [0, 0.1) is 5.92 Å². The van der Waals surface area contributed by atoms with E-state index in [4.69, 9.17) is 0 Å². The monoisotopic (exact) mass is 165 g/mol. The number of barbiturate groups is 1. The molecule has 1 radical (unpaired) electrons. The van der Waals surface area contributed by atoms with Crippen LogP contribution in [0.25, 0.3) is 0 Å². The third kappa shape index (κ3) is 2.28.